The molecule has 19 heavy (non-hydrogen) atoms. The summed E-state index contributed by atoms with van der Waals surface area (Å²) in [5, 5.41) is 6.77. The minimum atomic E-state index is -0.183. The van der Waals surface area contributed by atoms with Gasteiger partial charge in [0.05, 0.1) is 6.10 Å². The Morgan fingerprint density at radius 3 is 2.47 bits per heavy atom. The Balaban J connectivity index is 2.04. The zero-order valence-electron chi connectivity index (χ0n) is 11.3. The molecule has 0 atom stereocenters. The summed E-state index contributed by atoms with van der Waals surface area (Å²) < 4.78 is 7.07. The van der Waals surface area contributed by atoms with Crippen LogP contribution in [-0.4, -0.2) is 21.8 Å². The van der Waals surface area contributed by atoms with Gasteiger partial charge in [0, 0.05) is 18.9 Å². The molecule has 0 unspecified atom stereocenters. The average molecular weight is 259 g/mol. The van der Waals surface area contributed by atoms with Gasteiger partial charge in [0.2, 0.25) is 0 Å². The summed E-state index contributed by atoms with van der Waals surface area (Å²) in [6.45, 7) is 3.94. The molecule has 5 nitrogen and oxygen atoms in total. The first-order chi connectivity index (χ1) is 9.06. The molecular weight excluding hydrogens is 242 g/mol. The van der Waals surface area contributed by atoms with Crippen LogP contribution in [0.5, 0.6) is 5.75 Å². The highest BCUT2D eigenvalue weighted by molar-refractivity contribution is 6.02. The van der Waals surface area contributed by atoms with Gasteiger partial charge in [-0.3, -0.25) is 9.48 Å². The molecule has 100 valence electrons. The predicted octanol–water partition coefficient (Wildman–Crippen LogP) is 2.46. The van der Waals surface area contributed by atoms with Gasteiger partial charge in [0.1, 0.15) is 11.4 Å². The first-order valence-corrected chi connectivity index (χ1v) is 6.12. The van der Waals surface area contributed by atoms with Crippen molar-refractivity contribution in [2.45, 2.75) is 20.0 Å². The maximum absolute atomic E-state index is 12.0. The first kappa shape index (κ1) is 13.1. The lowest BCUT2D eigenvalue weighted by molar-refractivity contribution is 0.101. The third kappa shape index (κ3) is 3.34. The summed E-state index contributed by atoms with van der Waals surface area (Å²) in [6, 6.07) is 8.96. The topological polar surface area (TPSA) is 56.1 Å². The highest BCUT2D eigenvalue weighted by atomic mass is 16.5. The van der Waals surface area contributed by atoms with E-state index in [9.17, 15) is 4.79 Å². The van der Waals surface area contributed by atoms with Crippen molar-refractivity contribution in [3.8, 4) is 5.75 Å². The highest BCUT2D eigenvalue weighted by Crippen LogP contribution is 2.17. The zero-order valence-corrected chi connectivity index (χ0v) is 11.3. The normalized spacial score (nSPS) is 10.5. The van der Waals surface area contributed by atoms with Crippen molar-refractivity contribution in [2.24, 2.45) is 7.05 Å². The molecule has 0 spiro atoms. The second-order valence-electron chi connectivity index (χ2n) is 4.49. The molecule has 1 aromatic carbocycles. The molecule has 0 fully saturated rings. The monoisotopic (exact) mass is 259 g/mol. The van der Waals surface area contributed by atoms with Crippen LogP contribution >= 0.6 is 0 Å². The zero-order chi connectivity index (χ0) is 13.8. The van der Waals surface area contributed by atoms with Crippen LogP contribution < -0.4 is 10.1 Å². The third-order valence-corrected chi connectivity index (χ3v) is 2.54. The van der Waals surface area contributed by atoms with Crippen molar-refractivity contribution in [1.82, 2.24) is 9.78 Å². The maximum atomic E-state index is 12.0. The molecule has 2 aromatic rings. The molecule has 1 N–H and O–H groups in total. The van der Waals surface area contributed by atoms with Gasteiger partial charge >= 0.3 is 0 Å². The van der Waals surface area contributed by atoms with E-state index in [1.807, 2.05) is 38.1 Å². The van der Waals surface area contributed by atoms with Gasteiger partial charge in [0.15, 0.2) is 0 Å². The second kappa shape index (κ2) is 5.56. The van der Waals surface area contributed by atoms with E-state index in [1.165, 1.54) is 4.68 Å². The molecule has 0 aliphatic carbocycles. The Kier molecular flexibility index (Phi) is 3.85. The fourth-order valence-electron chi connectivity index (χ4n) is 1.68. The Hall–Kier alpha value is -2.30. The molecule has 1 amide bonds. The van der Waals surface area contributed by atoms with Crippen LogP contribution in [0.25, 0.3) is 0 Å². The first-order valence-electron chi connectivity index (χ1n) is 6.12. The number of aryl methyl sites for hydroxylation is 1. The molecule has 1 heterocycles. The Labute approximate surface area is 112 Å². The van der Waals surface area contributed by atoms with Gasteiger partial charge in [-0.25, -0.2) is 0 Å². The summed E-state index contributed by atoms with van der Waals surface area (Å²) in [5.41, 5.74) is 1.24. The van der Waals surface area contributed by atoms with Crippen molar-refractivity contribution in [2.75, 3.05) is 5.32 Å². The van der Waals surface area contributed by atoms with Gasteiger partial charge in [-0.2, -0.15) is 5.10 Å². The van der Waals surface area contributed by atoms with Gasteiger partial charge in [-0.15, -0.1) is 0 Å². The maximum Gasteiger partial charge on any atom is 0.273 e. The van der Waals surface area contributed by atoms with Crippen LogP contribution in [0.2, 0.25) is 0 Å². The number of hydrogen-bond donors (Lipinski definition) is 1. The molecule has 2 rings (SSSR count). The number of nitrogens with one attached hydrogen (secondary N) is 1. The molecule has 5 heteroatoms. The molecule has 0 bridgehead atoms. The summed E-state index contributed by atoms with van der Waals surface area (Å²) >= 11 is 0. The fourth-order valence-corrected chi connectivity index (χ4v) is 1.68. The number of nitrogens with zero attached hydrogens (tertiary/aromatic N) is 2. The van der Waals surface area contributed by atoms with Crippen molar-refractivity contribution < 1.29 is 9.53 Å². The Morgan fingerprint density at radius 2 is 1.95 bits per heavy atom. The van der Waals surface area contributed by atoms with Crippen LogP contribution in [0.15, 0.2) is 36.5 Å². The van der Waals surface area contributed by atoms with Gasteiger partial charge in [0.25, 0.3) is 5.91 Å². The number of carbonyl (C=O) groups is 1. The molecule has 0 aliphatic rings. The lowest BCUT2D eigenvalue weighted by Gasteiger charge is -2.10. The minimum Gasteiger partial charge on any atom is -0.491 e. The number of aromatic nitrogens is 2. The number of ether oxygens (including phenoxy) is 1. The second-order valence-corrected chi connectivity index (χ2v) is 4.49. The molecular formula is C14H17N3O2. The van der Waals surface area contributed by atoms with Gasteiger partial charge in [-0.05, 0) is 44.2 Å². The highest BCUT2D eigenvalue weighted by Gasteiger charge is 2.09. The lowest BCUT2D eigenvalue weighted by atomic mass is 10.3. The number of hydrogen-bond acceptors (Lipinski definition) is 3. The summed E-state index contributed by atoms with van der Waals surface area (Å²) in [6.07, 6.45) is 1.73. The van der Waals surface area contributed by atoms with E-state index in [2.05, 4.69) is 10.4 Å². The predicted molar refractivity (Wildman–Crippen MR) is 73.4 cm³/mol. The number of anilines is 1. The Bertz CT molecular complexity index is 558. The van der Waals surface area contributed by atoms with Crippen molar-refractivity contribution in [3.05, 3.63) is 42.2 Å². The number of amides is 1. The number of benzene rings is 1. The SMILES string of the molecule is CC(C)Oc1ccc(NC(=O)c2ccnn2C)cc1. The summed E-state index contributed by atoms with van der Waals surface area (Å²) in [4.78, 5) is 12.0. The number of rotatable bonds is 4. The minimum absolute atomic E-state index is 0.134. The van der Waals surface area contributed by atoms with E-state index in [-0.39, 0.29) is 12.0 Å². The van der Waals surface area contributed by atoms with Crippen LogP contribution in [0.1, 0.15) is 24.3 Å². The van der Waals surface area contributed by atoms with Crippen LogP contribution in [0.3, 0.4) is 0 Å². The molecule has 1 aromatic heterocycles. The molecule has 0 saturated carbocycles. The molecule has 0 radical (unpaired) electrons. The lowest BCUT2D eigenvalue weighted by Crippen LogP contribution is -2.16. The van der Waals surface area contributed by atoms with Crippen LogP contribution in [-0.2, 0) is 7.05 Å². The smallest absolute Gasteiger partial charge is 0.273 e. The van der Waals surface area contributed by atoms with E-state index in [1.54, 1.807) is 19.3 Å². The van der Waals surface area contributed by atoms with Gasteiger partial charge in [-0.1, -0.05) is 0 Å². The molecule has 0 saturated heterocycles. The van der Waals surface area contributed by atoms with Crippen LogP contribution in [0.4, 0.5) is 5.69 Å². The third-order valence-electron chi connectivity index (χ3n) is 2.54. The van der Waals surface area contributed by atoms with Crippen molar-refractivity contribution in [1.29, 1.82) is 0 Å². The summed E-state index contributed by atoms with van der Waals surface area (Å²) in [5.74, 6) is 0.603. The van der Waals surface area contributed by atoms with Gasteiger partial charge < -0.3 is 10.1 Å². The fraction of sp³-hybridized carbons (Fsp3) is 0.286. The van der Waals surface area contributed by atoms with E-state index in [0.29, 0.717) is 5.69 Å². The molecule has 0 aliphatic heterocycles. The quantitative estimate of drug-likeness (QED) is 0.917. The van der Waals surface area contributed by atoms with E-state index < -0.39 is 0 Å². The van der Waals surface area contributed by atoms with E-state index >= 15 is 0 Å². The van der Waals surface area contributed by atoms with Crippen molar-refractivity contribution in [3.63, 3.8) is 0 Å². The van der Waals surface area contributed by atoms with Crippen LogP contribution in [0, 0.1) is 0 Å². The largest absolute Gasteiger partial charge is 0.491 e. The average Bonchev–Trinajstić information content (AvgIpc) is 2.77. The van der Waals surface area contributed by atoms with Crippen molar-refractivity contribution >= 4 is 11.6 Å². The van der Waals surface area contributed by atoms with E-state index in [4.69, 9.17) is 4.74 Å². The standard InChI is InChI=1S/C14H17N3O2/c1-10(2)19-12-6-4-11(5-7-12)16-14(18)13-8-9-15-17(13)3/h4-10H,1-3H3,(H,16,18). The number of carbonyl (C=O) groups excluding carboxylic acids is 1. The Morgan fingerprint density at radius 1 is 1.26 bits per heavy atom. The summed E-state index contributed by atoms with van der Waals surface area (Å²) in [7, 11) is 1.73. The van der Waals surface area contributed by atoms with E-state index in [0.717, 1.165) is 11.4 Å².